The van der Waals surface area contributed by atoms with Gasteiger partial charge < -0.3 is 18.9 Å². The van der Waals surface area contributed by atoms with Crippen molar-refractivity contribution in [2.45, 2.75) is 44.8 Å². The number of methoxy groups -OCH3 is 2. The monoisotopic (exact) mass is 615 g/mol. The van der Waals surface area contributed by atoms with Gasteiger partial charge in [0.15, 0.2) is 17.3 Å². The Kier molecular flexibility index (Phi) is 9.29. The highest BCUT2D eigenvalue weighted by Crippen LogP contribution is 2.49. The van der Waals surface area contributed by atoms with E-state index in [1.54, 1.807) is 14.2 Å². The highest BCUT2D eigenvalue weighted by Gasteiger charge is 2.45. The van der Waals surface area contributed by atoms with Gasteiger partial charge in [0, 0.05) is 34.9 Å². The summed E-state index contributed by atoms with van der Waals surface area (Å²) < 4.78 is 23.2. The van der Waals surface area contributed by atoms with Crippen molar-refractivity contribution < 1.29 is 28.5 Å². The molecule has 0 radical (unpaired) electrons. The number of allylic oxidation sites excluding steroid dienone is 2. The van der Waals surface area contributed by atoms with Crippen molar-refractivity contribution in [2.75, 3.05) is 14.2 Å². The van der Waals surface area contributed by atoms with Crippen LogP contribution in [0.15, 0.2) is 119 Å². The minimum Gasteiger partial charge on any atom is -0.493 e. The Labute approximate surface area is 269 Å². The molecule has 0 spiro atoms. The number of carbonyl (C=O) groups is 2. The van der Waals surface area contributed by atoms with Gasteiger partial charge in [-0.25, -0.2) is 0 Å². The van der Waals surface area contributed by atoms with Crippen molar-refractivity contribution in [1.29, 1.82) is 0 Å². The second-order valence-electron chi connectivity index (χ2n) is 11.6. The predicted molar refractivity (Wildman–Crippen MR) is 176 cm³/mol. The molecule has 0 fully saturated rings. The van der Waals surface area contributed by atoms with Crippen LogP contribution in [0.4, 0.5) is 0 Å². The summed E-state index contributed by atoms with van der Waals surface area (Å²) in [4.78, 5) is 33.1. The van der Waals surface area contributed by atoms with E-state index in [4.69, 9.17) is 23.9 Å². The SMILES string of the molecule is COc1ccc([C@@H]2CC(=O)C3=C(C2)N=C(C)C(C(=O)OCc2ccccc2)[C@H]3c2ccccc2OCc2ccccc2)cc1OC. The molecule has 1 aliphatic carbocycles. The number of esters is 1. The van der Waals surface area contributed by atoms with E-state index in [1.165, 1.54) is 0 Å². The normalized spacial score (nSPS) is 19.2. The van der Waals surface area contributed by atoms with Crippen LogP contribution < -0.4 is 14.2 Å². The summed E-state index contributed by atoms with van der Waals surface area (Å²) in [7, 11) is 3.20. The first kappa shape index (κ1) is 30.8. The van der Waals surface area contributed by atoms with Gasteiger partial charge in [0.1, 0.15) is 24.9 Å². The number of ether oxygens (including phenoxy) is 4. The number of carbonyl (C=O) groups excluding carboxylic acids is 2. The molecule has 234 valence electrons. The number of benzene rings is 4. The molecule has 1 heterocycles. The van der Waals surface area contributed by atoms with E-state index < -0.39 is 17.8 Å². The first-order valence-electron chi connectivity index (χ1n) is 15.5. The summed E-state index contributed by atoms with van der Waals surface area (Å²) in [6.07, 6.45) is 0.821. The largest absolute Gasteiger partial charge is 0.493 e. The number of hydrogen-bond donors (Lipinski definition) is 0. The fraction of sp³-hybridized carbons (Fsp3) is 0.256. The highest BCUT2D eigenvalue weighted by molar-refractivity contribution is 6.09. The molecule has 0 aromatic heterocycles. The Morgan fingerprint density at radius 2 is 1.41 bits per heavy atom. The summed E-state index contributed by atoms with van der Waals surface area (Å²) >= 11 is 0. The Balaban J connectivity index is 1.38. The molecule has 4 aromatic rings. The Hall–Kier alpha value is -5.17. The number of para-hydroxylation sites is 1. The average molecular weight is 616 g/mol. The van der Waals surface area contributed by atoms with Crippen molar-refractivity contribution >= 4 is 17.5 Å². The summed E-state index contributed by atoms with van der Waals surface area (Å²) in [5, 5.41) is 0. The van der Waals surface area contributed by atoms with Crippen molar-refractivity contribution in [1.82, 2.24) is 0 Å². The lowest BCUT2D eigenvalue weighted by Gasteiger charge is -2.37. The van der Waals surface area contributed by atoms with E-state index in [-0.39, 0.29) is 24.7 Å². The molecule has 3 atom stereocenters. The minimum atomic E-state index is -0.787. The zero-order chi connectivity index (χ0) is 32.0. The fourth-order valence-electron chi connectivity index (χ4n) is 6.47. The minimum absolute atomic E-state index is 0.0407. The topological polar surface area (TPSA) is 83.4 Å². The van der Waals surface area contributed by atoms with Crippen LogP contribution in [0.2, 0.25) is 0 Å². The molecule has 1 unspecified atom stereocenters. The van der Waals surface area contributed by atoms with E-state index in [9.17, 15) is 9.59 Å². The van der Waals surface area contributed by atoms with Crippen molar-refractivity contribution in [3.05, 3.63) is 137 Å². The molecule has 0 N–H and O–H groups in total. The van der Waals surface area contributed by atoms with Gasteiger partial charge >= 0.3 is 5.97 Å². The van der Waals surface area contributed by atoms with Crippen molar-refractivity contribution in [3.8, 4) is 17.2 Å². The van der Waals surface area contributed by atoms with Crippen molar-refractivity contribution in [3.63, 3.8) is 0 Å². The third-order valence-electron chi connectivity index (χ3n) is 8.74. The van der Waals surface area contributed by atoms with Gasteiger partial charge in [-0.3, -0.25) is 14.6 Å². The lowest BCUT2D eigenvalue weighted by atomic mass is 9.69. The highest BCUT2D eigenvalue weighted by atomic mass is 16.5. The second-order valence-corrected chi connectivity index (χ2v) is 11.6. The van der Waals surface area contributed by atoms with Gasteiger partial charge in [-0.05, 0) is 54.2 Å². The molecule has 0 amide bonds. The van der Waals surface area contributed by atoms with Crippen LogP contribution >= 0.6 is 0 Å². The first-order valence-corrected chi connectivity index (χ1v) is 15.5. The van der Waals surface area contributed by atoms with Gasteiger partial charge in [-0.15, -0.1) is 0 Å². The number of ketones is 1. The maximum absolute atomic E-state index is 14.2. The van der Waals surface area contributed by atoms with Gasteiger partial charge in [-0.1, -0.05) is 84.9 Å². The summed E-state index contributed by atoms with van der Waals surface area (Å²) in [5.74, 6) is -0.103. The number of aliphatic imine (C=N–C) groups is 1. The van der Waals surface area contributed by atoms with Crippen LogP contribution in [0.5, 0.6) is 17.2 Å². The van der Waals surface area contributed by atoms with Gasteiger partial charge in [0.25, 0.3) is 0 Å². The predicted octanol–water partition coefficient (Wildman–Crippen LogP) is 7.60. The molecular weight excluding hydrogens is 578 g/mol. The van der Waals surface area contributed by atoms with Gasteiger partial charge in [-0.2, -0.15) is 0 Å². The molecule has 7 heteroatoms. The first-order chi connectivity index (χ1) is 22.5. The molecule has 6 rings (SSSR count). The number of rotatable bonds is 10. The van der Waals surface area contributed by atoms with Crippen LogP contribution in [-0.4, -0.2) is 31.7 Å². The van der Waals surface area contributed by atoms with Crippen LogP contribution in [0.25, 0.3) is 0 Å². The molecule has 2 aliphatic rings. The Bertz CT molecular complexity index is 1780. The van der Waals surface area contributed by atoms with Crippen LogP contribution in [0, 0.1) is 5.92 Å². The van der Waals surface area contributed by atoms with E-state index in [0.29, 0.717) is 47.3 Å². The third kappa shape index (κ3) is 6.45. The maximum atomic E-state index is 14.2. The summed E-state index contributed by atoms with van der Waals surface area (Å²) in [6.45, 7) is 2.33. The van der Waals surface area contributed by atoms with E-state index in [1.807, 2.05) is 110 Å². The molecule has 1 aliphatic heterocycles. The Morgan fingerprint density at radius 1 is 0.761 bits per heavy atom. The maximum Gasteiger partial charge on any atom is 0.315 e. The van der Waals surface area contributed by atoms with Crippen LogP contribution in [0.3, 0.4) is 0 Å². The zero-order valence-electron chi connectivity index (χ0n) is 26.3. The van der Waals surface area contributed by atoms with E-state index >= 15 is 0 Å². The standard InChI is InChI=1S/C39H37NO6/c1-25-36(39(42)46-24-27-14-8-5-9-15-27)37(30-16-10-11-17-33(30)45-23-26-12-6-4-7-13-26)38-31(40-25)20-29(21-32(38)41)28-18-19-34(43-2)35(22-28)44-3/h4-19,22,29,36-37H,20-21,23-24H2,1-3H3/t29-,36?,37+/m0/s1. The van der Waals surface area contributed by atoms with Gasteiger partial charge in [0.05, 0.1) is 14.2 Å². The van der Waals surface area contributed by atoms with Gasteiger partial charge in [0.2, 0.25) is 0 Å². The van der Waals surface area contributed by atoms with Crippen LogP contribution in [-0.2, 0) is 27.5 Å². The number of hydrogen-bond acceptors (Lipinski definition) is 7. The fourth-order valence-corrected chi connectivity index (χ4v) is 6.47. The molecule has 0 saturated carbocycles. The Morgan fingerprint density at radius 3 is 2.11 bits per heavy atom. The summed E-state index contributed by atoms with van der Waals surface area (Å²) in [5.41, 5.74) is 5.50. The smallest absolute Gasteiger partial charge is 0.315 e. The lowest BCUT2D eigenvalue weighted by molar-refractivity contribution is -0.148. The third-order valence-corrected chi connectivity index (χ3v) is 8.74. The van der Waals surface area contributed by atoms with E-state index in [0.717, 1.165) is 22.3 Å². The summed E-state index contributed by atoms with van der Waals surface area (Å²) in [6, 6.07) is 32.9. The molecule has 0 saturated heterocycles. The number of nitrogens with zero attached hydrogens (tertiary/aromatic N) is 1. The average Bonchev–Trinajstić information content (AvgIpc) is 3.09. The van der Waals surface area contributed by atoms with E-state index in [2.05, 4.69) is 0 Å². The number of Topliss-reactive ketones (excluding diaryl/α,β-unsaturated/α-hetero) is 1. The molecule has 7 nitrogen and oxygen atoms in total. The molecule has 4 aromatic carbocycles. The van der Waals surface area contributed by atoms with Crippen LogP contribution in [0.1, 0.15) is 53.9 Å². The quantitative estimate of drug-likeness (QED) is 0.171. The second kappa shape index (κ2) is 13.9. The molecule has 0 bridgehead atoms. The van der Waals surface area contributed by atoms with Crippen molar-refractivity contribution in [2.24, 2.45) is 10.9 Å². The lowest BCUT2D eigenvalue weighted by Crippen LogP contribution is -2.38. The molecule has 46 heavy (non-hydrogen) atoms. The zero-order valence-corrected chi connectivity index (χ0v) is 26.3. The molecular formula is C39H37NO6.